The summed E-state index contributed by atoms with van der Waals surface area (Å²) >= 11 is 0. The maximum Gasteiger partial charge on any atom is 0.261 e. The molecule has 1 aliphatic rings. The zero-order valence-electron chi connectivity index (χ0n) is 21.3. The number of nitrogens with zero attached hydrogens (tertiary/aromatic N) is 2. The lowest BCUT2D eigenvalue weighted by Gasteiger charge is -2.36. The predicted octanol–water partition coefficient (Wildman–Crippen LogP) is 5.20. The Morgan fingerprint density at radius 3 is 2.00 bits per heavy atom. The standard InChI is InChI=1S/C30H29FN4O3S/c31-25-10-12-27(13-11-25)33-39(37,38)29-16-14-26(15-17-29)32-30(36)24-8-6-23(7-9-24)22-34-18-20-35(21-19-34)28-4-2-1-3-5-28/h1-17,33H,18-22H2,(H,32,36). The molecular weight excluding hydrogens is 515 g/mol. The van der Waals surface area contributed by atoms with Gasteiger partial charge in [-0.15, -0.1) is 0 Å². The van der Waals surface area contributed by atoms with Gasteiger partial charge in [-0.2, -0.15) is 0 Å². The Kier molecular flexibility index (Phi) is 7.90. The molecule has 1 fully saturated rings. The van der Waals surface area contributed by atoms with Crippen molar-refractivity contribution in [2.45, 2.75) is 11.4 Å². The van der Waals surface area contributed by atoms with Gasteiger partial charge in [0.25, 0.3) is 15.9 Å². The van der Waals surface area contributed by atoms with Gasteiger partial charge in [-0.1, -0.05) is 30.3 Å². The number of anilines is 3. The van der Waals surface area contributed by atoms with Crippen molar-refractivity contribution in [2.75, 3.05) is 41.1 Å². The van der Waals surface area contributed by atoms with Crippen LogP contribution in [-0.4, -0.2) is 45.4 Å². The molecule has 2 N–H and O–H groups in total. The first-order chi connectivity index (χ1) is 18.9. The molecule has 4 aromatic rings. The Labute approximate surface area is 227 Å². The number of rotatable bonds is 8. The van der Waals surface area contributed by atoms with Crippen molar-refractivity contribution in [2.24, 2.45) is 0 Å². The minimum atomic E-state index is -3.85. The fourth-order valence-electron chi connectivity index (χ4n) is 4.48. The molecule has 1 heterocycles. The lowest BCUT2D eigenvalue weighted by molar-refractivity contribution is 0.102. The summed E-state index contributed by atoms with van der Waals surface area (Å²) in [5.41, 5.74) is 3.64. The van der Waals surface area contributed by atoms with E-state index in [0.29, 0.717) is 11.3 Å². The number of carbonyl (C=O) groups is 1. The Balaban J connectivity index is 1.13. The normalized spacial score (nSPS) is 14.1. The second-order valence-corrected chi connectivity index (χ2v) is 11.1. The van der Waals surface area contributed by atoms with Crippen LogP contribution in [0, 0.1) is 5.82 Å². The summed E-state index contributed by atoms with van der Waals surface area (Å²) < 4.78 is 40.7. The lowest BCUT2D eigenvalue weighted by atomic mass is 10.1. The van der Waals surface area contributed by atoms with Crippen LogP contribution in [0.25, 0.3) is 0 Å². The molecule has 0 aliphatic carbocycles. The highest BCUT2D eigenvalue weighted by Gasteiger charge is 2.18. The number of hydrogen-bond donors (Lipinski definition) is 2. The van der Waals surface area contributed by atoms with E-state index in [0.717, 1.165) is 38.3 Å². The van der Waals surface area contributed by atoms with Gasteiger partial charge in [0, 0.05) is 55.3 Å². The molecule has 5 rings (SSSR count). The molecule has 1 amide bonds. The van der Waals surface area contributed by atoms with Gasteiger partial charge in [0.15, 0.2) is 0 Å². The third kappa shape index (κ3) is 6.81. The molecular formula is C30H29FN4O3S. The van der Waals surface area contributed by atoms with Crippen LogP contribution < -0.4 is 14.9 Å². The molecule has 0 radical (unpaired) electrons. The zero-order valence-corrected chi connectivity index (χ0v) is 22.1. The fraction of sp³-hybridized carbons (Fsp3) is 0.167. The molecule has 0 saturated carbocycles. The predicted molar refractivity (Wildman–Crippen MR) is 152 cm³/mol. The van der Waals surface area contributed by atoms with Crippen molar-refractivity contribution in [3.63, 3.8) is 0 Å². The van der Waals surface area contributed by atoms with Gasteiger partial charge < -0.3 is 10.2 Å². The van der Waals surface area contributed by atoms with Gasteiger partial charge >= 0.3 is 0 Å². The summed E-state index contributed by atoms with van der Waals surface area (Å²) in [5.74, 6) is -0.733. The molecule has 39 heavy (non-hydrogen) atoms. The van der Waals surface area contributed by atoms with Crippen molar-refractivity contribution in [3.8, 4) is 0 Å². The average molecular weight is 545 g/mol. The Morgan fingerprint density at radius 1 is 0.744 bits per heavy atom. The van der Waals surface area contributed by atoms with Crippen LogP contribution in [0.5, 0.6) is 0 Å². The second-order valence-electron chi connectivity index (χ2n) is 9.39. The van der Waals surface area contributed by atoms with Crippen LogP contribution in [0.3, 0.4) is 0 Å². The molecule has 9 heteroatoms. The van der Waals surface area contributed by atoms with Crippen molar-refractivity contribution in [1.29, 1.82) is 0 Å². The highest BCUT2D eigenvalue weighted by Crippen LogP contribution is 2.20. The highest BCUT2D eigenvalue weighted by atomic mass is 32.2. The molecule has 0 unspecified atom stereocenters. The van der Waals surface area contributed by atoms with E-state index in [1.165, 1.54) is 54.2 Å². The number of sulfonamides is 1. The van der Waals surface area contributed by atoms with E-state index in [1.807, 2.05) is 18.2 Å². The fourth-order valence-corrected chi connectivity index (χ4v) is 5.53. The van der Waals surface area contributed by atoms with Crippen LogP contribution >= 0.6 is 0 Å². The van der Waals surface area contributed by atoms with E-state index < -0.39 is 15.8 Å². The molecule has 4 aromatic carbocycles. The topological polar surface area (TPSA) is 81.7 Å². The largest absolute Gasteiger partial charge is 0.369 e. The van der Waals surface area contributed by atoms with E-state index >= 15 is 0 Å². The number of carbonyl (C=O) groups excluding carboxylic acids is 1. The first kappa shape index (κ1) is 26.4. The molecule has 0 spiro atoms. The van der Waals surface area contributed by atoms with E-state index in [4.69, 9.17) is 0 Å². The number of hydrogen-bond acceptors (Lipinski definition) is 5. The molecule has 0 atom stereocenters. The van der Waals surface area contributed by atoms with E-state index in [1.54, 1.807) is 12.1 Å². The van der Waals surface area contributed by atoms with Crippen molar-refractivity contribution < 1.29 is 17.6 Å². The molecule has 1 saturated heterocycles. The number of nitrogens with one attached hydrogen (secondary N) is 2. The second kappa shape index (κ2) is 11.7. The van der Waals surface area contributed by atoms with E-state index in [-0.39, 0.29) is 16.5 Å². The zero-order chi connectivity index (χ0) is 27.2. The number of para-hydroxylation sites is 1. The van der Waals surface area contributed by atoms with E-state index in [9.17, 15) is 17.6 Å². The van der Waals surface area contributed by atoms with Crippen LogP contribution in [-0.2, 0) is 16.6 Å². The monoisotopic (exact) mass is 544 g/mol. The lowest BCUT2D eigenvalue weighted by Crippen LogP contribution is -2.45. The summed E-state index contributed by atoms with van der Waals surface area (Å²) in [6.45, 7) is 4.73. The first-order valence-corrected chi connectivity index (χ1v) is 14.2. The summed E-state index contributed by atoms with van der Waals surface area (Å²) in [7, 11) is -3.85. The van der Waals surface area contributed by atoms with Crippen LogP contribution in [0.1, 0.15) is 15.9 Å². The minimum absolute atomic E-state index is 0.0266. The number of piperazine rings is 1. The number of benzene rings is 4. The Hall–Kier alpha value is -4.21. The third-order valence-electron chi connectivity index (χ3n) is 6.63. The van der Waals surface area contributed by atoms with Crippen LogP contribution in [0.15, 0.2) is 108 Å². The Bertz CT molecular complexity index is 1500. The maximum absolute atomic E-state index is 13.1. The number of halogens is 1. The minimum Gasteiger partial charge on any atom is -0.369 e. The van der Waals surface area contributed by atoms with Gasteiger partial charge in [-0.05, 0) is 78.4 Å². The van der Waals surface area contributed by atoms with Crippen LogP contribution in [0.2, 0.25) is 0 Å². The summed E-state index contributed by atoms with van der Waals surface area (Å²) in [6.07, 6.45) is 0. The quantitative estimate of drug-likeness (QED) is 0.319. The molecule has 200 valence electrons. The molecule has 0 aromatic heterocycles. The average Bonchev–Trinajstić information content (AvgIpc) is 2.96. The first-order valence-electron chi connectivity index (χ1n) is 12.7. The van der Waals surface area contributed by atoms with Gasteiger partial charge in [-0.3, -0.25) is 14.4 Å². The van der Waals surface area contributed by atoms with Gasteiger partial charge in [-0.25, -0.2) is 12.8 Å². The van der Waals surface area contributed by atoms with Gasteiger partial charge in [0.1, 0.15) is 5.82 Å². The summed E-state index contributed by atoms with van der Waals surface area (Å²) in [5, 5.41) is 2.80. The van der Waals surface area contributed by atoms with Gasteiger partial charge in [0.2, 0.25) is 0 Å². The smallest absolute Gasteiger partial charge is 0.261 e. The maximum atomic E-state index is 13.1. The van der Waals surface area contributed by atoms with E-state index in [2.05, 4.69) is 44.1 Å². The van der Waals surface area contributed by atoms with Gasteiger partial charge in [0.05, 0.1) is 4.90 Å². The van der Waals surface area contributed by atoms with Crippen molar-refractivity contribution >= 4 is 33.0 Å². The highest BCUT2D eigenvalue weighted by molar-refractivity contribution is 7.92. The molecule has 7 nitrogen and oxygen atoms in total. The molecule has 1 aliphatic heterocycles. The Morgan fingerprint density at radius 2 is 1.36 bits per heavy atom. The SMILES string of the molecule is O=C(Nc1ccc(S(=O)(=O)Nc2ccc(F)cc2)cc1)c1ccc(CN2CCN(c3ccccc3)CC2)cc1. The summed E-state index contributed by atoms with van der Waals surface area (Å²) in [6, 6.07) is 28.9. The third-order valence-corrected chi connectivity index (χ3v) is 8.03. The van der Waals surface area contributed by atoms with Crippen molar-refractivity contribution in [1.82, 2.24) is 4.90 Å². The van der Waals surface area contributed by atoms with Crippen molar-refractivity contribution in [3.05, 3.63) is 120 Å². The number of amides is 1. The van der Waals surface area contributed by atoms with Crippen LogP contribution in [0.4, 0.5) is 21.5 Å². The summed E-state index contributed by atoms with van der Waals surface area (Å²) in [4.78, 5) is 17.6. The molecule has 0 bridgehead atoms.